The Morgan fingerprint density at radius 1 is 1.17 bits per heavy atom. The smallest absolute Gasteiger partial charge is 0.221 e. The van der Waals surface area contributed by atoms with Gasteiger partial charge >= 0.3 is 0 Å². The van der Waals surface area contributed by atoms with Crippen molar-refractivity contribution in [2.45, 2.75) is 13.8 Å². The van der Waals surface area contributed by atoms with Crippen LogP contribution in [0.5, 0.6) is 0 Å². The van der Waals surface area contributed by atoms with Crippen molar-refractivity contribution in [2.24, 2.45) is 0 Å². The van der Waals surface area contributed by atoms with E-state index in [-0.39, 0.29) is 0 Å². The molecule has 0 radical (unpaired) electrons. The van der Waals surface area contributed by atoms with Crippen LogP contribution < -0.4 is 5.73 Å². The zero-order valence-electron chi connectivity index (χ0n) is 6.83. The van der Waals surface area contributed by atoms with Crippen LogP contribution in [-0.4, -0.2) is 15.0 Å². The summed E-state index contributed by atoms with van der Waals surface area (Å²) in [5.74, 6) is 0.323. The fraction of sp³-hybridized carbons (Fsp3) is 0.286. The molecular weight excluding hydrogens is 172 g/mol. The van der Waals surface area contributed by atoms with Crippen LogP contribution in [0.25, 0.3) is 10.3 Å². The maximum absolute atomic E-state index is 5.49. The van der Waals surface area contributed by atoms with Gasteiger partial charge in [0.2, 0.25) is 5.95 Å². The quantitative estimate of drug-likeness (QED) is 0.663. The molecule has 0 aliphatic carbocycles. The first-order valence-electron chi connectivity index (χ1n) is 3.54. The van der Waals surface area contributed by atoms with Gasteiger partial charge in [-0.25, -0.2) is 15.0 Å². The second-order valence-corrected chi connectivity index (χ2v) is 3.74. The Balaban J connectivity index is 2.88. The summed E-state index contributed by atoms with van der Waals surface area (Å²) in [5.41, 5.74) is 7.21. The number of aryl methyl sites for hydroxylation is 2. The average molecular weight is 180 g/mol. The van der Waals surface area contributed by atoms with Crippen LogP contribution in [0.4, 0.5) is 5.95 Å². The van der Waals surface area contributed by atoms with E-state index >= 15 is 0 Å². The summed E-state index contributed by atoms with van der Waals surface area (Å²) < 4.78 is 0. The van der Waals surface area contributed by atoms with Crippen LogP contribution in [0.1, 0.15) is 10.7 Å². The molecule has 0 atom stereocenters. The Morgan fingerprint density at radius 2 is 1.92 bits per heavy atom. The van der Waals surface area contributed by atoms with Crippen molar-refractivity contribution in [3.05, 3.63) is 10.7 Å². The highest BCUT2D eigenvalue weighted by atomic mass is 32.1. The zero-order valence-corrected chi connectivity index (χ0v) is 7.64. The summed E-state index contributed by atoms with van der Waals surface area (Å²) >= 11 is 1.54. The highest BCUT2D eigenvalue weighted by molar-refractivity contribution is 7.18. The monoisotopic (exact) mass is 180 g/mol. The largest absolute Gasteiger partial charge is 0.368 e. The summed E-state index contributed by atoms with van der Waals surface area (Å²) in [4.78, 5) is 13.3. The van der Waals surface area contributed by atoms with Crippen LogP contribution in [-0.2, 0) is 0 Å². The van der Waals surface area contributed by atoms with Gasteiger partial charge in [-0.3, -0.25) is 0 Å². The van der Waals surface area contributed by atoms with Crippen LogP contribution in [0.3, 0.4) is 0 Å². The first-order valence-corrected chi connectivity index (χ1v) is 4.36. The van der Waals surface area contributed by atoms with Crippen LogP contribution in [0.15, 0.2) is 0 Å². The third-order valence-electron chi connectivity index (χ3n) is 1.56. The lowest BCUT2D eigenvalue weighted by Gasteiger charge is -1.93. The number of nitrogens with two attached hydrogens (primary N) is 1. The maximum Gasteiger partial charge on any atom is 0.221 e. The van der Waals surface area contributed by atoms with Crippen LogP contribution in [0, 0.1) is 13.8 Å². The molecule has 2 N–H and O–H groups in total. The number of anilines is 1. The SMILES string of the molecule is Cc1nc2c(C)nc(N)nc2s1. The molecule has 62 valence electrons. The summed E-state index contributed by atoms with van der Waals surface area (Å²) in [7, 11) is 0. The third-order valence-corrected chi connectivity index (χ3v) is 2.42. The van der Waals surface area contributed by atoms with Crippen molar-refractivity contribution >= 4 is 27.6 Å². The topological polar surface area (TPSA) is 64.7 Å². The molecule has 2 aromatic rings. The van der Waals surface area contributed by atoms with E-state index < -0.39 is 0 Å². The number of nitrogens with zero attached hydrogens (tertiary/aromatic N) is 3. The molecule has 0 spiro atoms. The van der Waals surface area contributed by atoms with Gasteiger partial charge < -0.3 is 5.73 Å². The van der Waals surface area contributed by atoms with Gasteiger partial charge in [-0.2, -0.15) is 0 Å². The molecule has 0 saturated heterocycles. The Kier molecular flexibility index (Phi) is 1.47. The van der Waals surface area contributed by atoms with E-state index in [4.69, 9.17) is 5.73 Å². The van der Waals surface area contributed by atoms with Crippen molar-refractivity contribution in [1.29, 1.82) is 0 Å². The molecule has 12 heavy (non-hydrogen) atoms. The van der Waals surface area contributed by atoms with E-state index in [2.05, 4.69) is 15.0 Å². The number of thiazole rings is 1. The Labute approximate surface area is 73.5 Å². The molecule has 0 saturated carbocycles. The van der Waals surface area contributed by atoms with Gasteiger partial charge in [0, 0.05) is 0 Å². The third kappa shape index (κ3) is 1.02. The lowest BCUT2D eigenvalue weighted by atomic mass is 10.4. The number of hydrogen-bond acceptors (Lipinski definition) is 5. The molecule has 2 aromatic heterocycles. The van der Waals surface area contributed by atoms with Crippen molar-refractivity contribution in [3.8, 4) is 0 Å². The minimum Gasteiger partial charge on any atom is -0.368 e. The molecule has 2 heterocycles. The lowest BCUT2D eigenvalue weighted by molar-refractivity contribution is 1.15. The fourth-order valence-corrected chi connectivity index (χ4v) is 1.93. The molecule has 0 aliphatic rings. The molecule has 0 aromatic carbocycles. The molecule has 5 heteroatoms. The van der Waals surface area contributed by atoms with Gasteiger partial charge in [-0.1, -0.05) is 11.3 Å². The van der Waals surface area contributed by atoms with Gasteiger partial charge in [0.1, 0.15) is 10.3 Å². The summed E-state index contributed by atoms with van der Waals surface area (Å²) in [6.07, 6.45) is 0. The van der Waals surface area contributed by atoms with Crippen molar-refractivity contribution in [1.82, 2.24) is 15.0 Å². The molecule has 0 aliphatic heterocycles. The Morgan fingerprint density at radius 3 is 2.67 bits per heavy atom. The summed E-state index contributed by atoms with van der Waals surface area (Å²) in [5, 5.41) is 0.994. The highest BCUT2D eigenvalue weighted by Gasteiger charge is 2.06. The normalized spacial score (nSPS) is 10.8. The average Bonchev–Trinajstić information content (AvgIpc) is 2.29. The van der Waals surface area contributed by atoms with E-state index in [0.717, 1.165) is 21.0 Å². The molecule has 2 rings (SSSR count). The molecular formula is C7H8N4S. The standard InChI is InChI=1S/C7H8N4S/c1-3-5-6(11-7(8)9-3)12-4(2)10-5/h1-2H3,(H2,8,9,11). The number of aromatic nitrogens is 3. The summed E-state index contributed by atoms with van der Waals surface area (Å²) in [6, 6.07) is 0. The minimum absolute atomic E-state index is 0.323. The first kappa shape index (κ1) is 7.42. The predicted molar refractivity (Wildman–Crippen MR) is 49.1 cm³/mol. The fourth-order valence-electron chi connectivity index (χ4n) is 1.08. The van der Waals surface area contributed by atoms with E-state index in [9.17, 15) is 0 Å². The second kappa shape index (κ2) is 2.38. The van der Waals surface area contributed by atoms with Gasteiger partial charge in [0.25, 0.3) is 0 Å². The Bertz CT molecular complexity index is 434. The van der Waals surface area contributed by atoms with Crippen molar-refractivity contribution < 1.29 is 0 Å². The van der Waals surface area contributed by atoms with Gasteiger partial charge in [0.15, 0.2) is 0 Å². The maximum atomic E-state index is 5.49. The highest BCUT2D eigenvalue weighted by Crippen LogP contribution is 2.21. The van der Waals surface area contributed by atoms with E-state index in [1.165, 1.54) is 11.3 Å². The Hall–Kier alpha value is -1.23. The van der Waals surface area contributed by atoms with Gasteiger partial charge in [-0.15, -0.1) is 0 Å². The molecule has 4 nitrogen and oxygen atoms in total. The van der Waals surface area contributed by atoms with Gasteiger partial charge in [-0.05, 0) is 13.8 Å². The molecule has 0 bridgehead atoms. The number of fused-ring (bicyclic) bond motifs is 1. The van der Waals surface area contributed by atoms with Crippen molar-refractivity contribution in [3.63, 3.8) is 0 Å². The molecule has 0 unspecified atom stereocenters. The molecule has 0 amide bonds. The van der Waals surface area contributed by atoms with Gasteiger partial charge in [0.05, 0.1) is 10.7 Å². The van der Waals surface area contributed by atoms with Crippen LogP contribution in [0.2, 0.25) is 0 Å². The van der Waals surface area contributed by atoms with Crippen molar-refractivity contribution in [2.75, 3.05) is 5.73 Å². The second-order valence-electron chi connectivity index (χ2n) is 2.55. The van der Waals surface area contributed by atoms with Crippen LogP contribution >= 0.6 is 11.3 Å². The number of nitrogen functional groups attached to an aromatic ring is 1. The predicted octanol–water partition coefficient (Wildman–Crippen LogP) is 1.29. The minimum atomic E-state index is 0.323. The zero-order chi connectivity index (χ0) is 8.72. The molecule has 0 fully saturated rings. The lowest BCUT2D eigenvalue weighted by Crippen LogP contribution is -1.96. The number of hydrogen-bond donors (Lipinski definition) is 1. The first-order chi connectivity index (χ1) is 5.66. The van der Waals surface area contributed by atoms with E-state index in [1.807, 2.05) is 13.8 Å². The summed E-state index contributed by atoms with van der Waals surface area (Å²) in [6.45, 7) is 3.83. The van der Waals surface area contributed by atoms with E-state index in [1.54, 1.807) is 0 Å². The number of rotatable bonds is 0. The van der Waals surface area contributed by atoms with E-state index in [0.29, 0.717) is 5.95 Å².